The largest absolute Gasteiger partial charge is 0.126 e. The Labute approximate surface area is 112 Å². The third kappa shape index (κ3) is 4.10. The minimum atomic E-state index is 0.596. The molecule has 0 N–H and O–H groups in total. The molecular weight excluding hydrogens is 248 g/mol. The molecule has 2 aromatic carbocycles. The summed E-state index contributed by atoms with van der Waals surface area (Å²) in [6.07, 6.45) is 1.10. The zero-order valence-corrected chi connectivity index (χ0v) is 11.2. The highest BCUT2D eigenvalue weighted by Crippen LogP contribution is 2.18. The Morgan fingerprint density at radius 2 is 1.47 bits per heavy atom. The Bertz CT molecular complexity index is 436. The molecule has 0 saturated heterocycles. The van der Waals surface area contributed by atoms with Gasteiger partial charge >= 0.3 is 0 Å². The number of hydrogen-bond donors (Lipinski definition) is 0. The molecular formula is C15H15ClS. The van der Waals surface area contributed by atoms with Crippen LogP contribution in [-0.4, -0.2) is 5.75 Å². The number of hydrogen-bond acceptors (Lipinski definition) is 1. The molecule has 0 aliphatic rings. The summed E-state index contributed by atoms with van der Waals surface area (Å²) in [5, 5.41) is 0. The van der Waals surface area contributed by atoms with Gasteiger partial charge in [-0.3, -0.25) is 0 Å². The van der Waals surface area contributed by atoms with Crippen LogP contribution in [0.5, 0.6) is 0 Å². The van der Waals surface area contributed by atoms with Crippen LogP contribution in [0.3, 0.4) is 0 Å². The Morgan fingerprint density at radius 3 is 2.12 bits per heavy atom. The van der Waals surface area contributed by atoms with Crippen molar-refractivity contribution in [3.63, 3.8) is 0 Å². The van der Waals surface area contributed by atoms with Crippen molar-refractivity contribution in [1.29, 1.82) is 0 Å². The molecule has 0 unspecified atom stereocenters. The summed E-state index contributed by atoms with van der Waals surface area (Å²) in [4.78, 5) is 1.34. The molecule has 0 amide bonds. The van der Waals surface area contributed by atoms with Crippen LogP contribution in [0.25, 0.3) is 0 Å². The average molecular weight is 263 g/mol. The standard InChI is InChI=1S/C15H15ClS/c16-12-14-8-6-13(7-9-14)10-11-17-15-4-2-1-3-5-15/h1-9H,10-12H2. The van der Waals surface area contributed by atoms with E-state index in [4.69, 9.17) is 11.6 Å². The van der Waals surface area contributed by atoms with Gasteiger partial charge in [-0.05, 0) is 29.7 Å². The Balaban J connectivity index is 1.82. The van der Waals surface area contributed by atoms with E-state index in [-0.39, 0.29) is 0 Å². The van der Waals surface area contributed by atoms with Gasteiger partial charge in [-0.25, -0.2) is 0 Å². The summed E-state index contributed by atoms with van der Waals surface area (Å²) < 4.78 is 0. The molecule has 0 aromatic heterocycles. The minimum Gasteiger partial charge on any atom is -0.126 e. The van der Waals surface area contributed by atoms with Crippen LogP contribution >= 0.6 is 23.4 Å². The van der Waals surface area contributed by atoms with Crippen molar-refractivity contribution >= 4 is 23.4 Å². The summed E-state index contributed by atoms with van der Waals surface area (Å²) in [7, 11) is 0. The lowest BCUT2D eigenvalue weighted by molar-refractivity contribution is 1.15. The van der Waals surface area contributed by atoms with E-state index in [9.17, 15) is 0 Å². The van der Waals surface area contributed by atoms with Gasteiger partial charge in [-0.2, -0.15) is 0 Å². The van der Waals surface area contributed by atoms with Crippen LogP contribution in [-0.2, 0) is 12.3 Å². The first-order valence-corrected chi connectivity index (χ1v) is 7.22. The topological polar surface area (TPSA) is 0 Å². The number of alkyl halides is 1. The molecule has 0 saturated carbocycles. The second kappa shape index (κ2) is 6.73. The normalized spacial score (nSPS) is 10.4. The van der Waals surface area contributed by atoms with Crippen molar-refractivity contribution in [2.24, 2.45) is 0 Å². The first-order valence-electron chi connectivity index (χ1n) is 5.70. The number of benzene rings is 2. The van der Waals surface area contributed by atoms with Gasteiger partial charge in [0.1, 0.15) is 0 Å². The summed E-state index contributed by atoms with van der Waals surface area (Å²) in [5.74, 6) is 1.71. The zero-order chi connectivity index (χ0) is 11.9. The van der Waals surface area contributed by atoms with Crippen molar-refractivity contribution in [3.05, 3.63) is 65.7 Å². The van der Waals surface area contributed by atoms with Gasteiger partial charge in [0.2, 0.25) is 0 Å². The van der Waals surface area contributed by atoms with Crippen LogP contribution in [0.15, 0.2) is 59.5 Å². The van der Waals surface area contributed by atoms with E-state index in [2.05, 4.69) is 54.6 Å². The molecule has 0 heterocycles. The van der Waals surface area contributed by atoms with E-state index in [0.29, 0.717) is 5.88 Å². The van der Waals surface area contributed by atoms with Gasteiger partial charge in [-0.15, -0.1) is 23.4 Å². The van der Waals surface area contributed by atoms with Crippen molar-refractivity contribution in [2.45, 2.75) is 17.2 Å². The fraction of sp³-hybridized carbons (Fsp3) is 0.200. The Kier molecular flexibility index (Phi) is 4.96. The maximum absolute atomic E-state index is 5.76. The number of thioether (sulfide) groups is 1. The van der Waals surface area contributed by atoms with Gasteiger partial charge in [0.25, 0.3) is 0 Å². The van der Waals surface area contributed by atoms with E-state index in [1.807, 2.05) is 11.8 Å². The van der Waals surface area contributed by atoms with Crippen molar-refractivity contribution < 1.29 is 0 Å². The van der Waals surface area contributed by atoms with Gasteiger partial charge in [-0.1, -0.05) is 42.5 Å². The Morgan fingerprint density at radius 1 is 0.824 bits per heavy atom. The third-order valence-electron chi connectivity index (χ3n) is 2.58. The van der Waals surface area contributed by atoms with Crippen molar-refractivity contribution in [2.75, 3.05) is 5.75 Å². The molecule has 0 fully saturated rings. The quantitative estimate of drug-likeness (QED) is 0.553. The molecule has 0 radical (unpaired) electrons. The summed E-state index contributed by atoms with van der Waals surface area (Å²) in [6.45, 7) is 0. The number of halogens is 1. The van der Waals surface area contributed by atoms with E-state index in [1.165, 1.54) is 16.0 Å². The molecule has 0 nitrogen and oxygen atoms in total. The first-order chi connectivity index (χ1) is 8.38. The molecule has 88 valence electrons. The molecule has 0 atom stereocenters. The van der Waals surface area contributed by atoms with Gasteiger partial charge in [0, 0.05) is 16.5 Å². The lowest BCUT2D eigenvalue weighted by atomic mass is 10.1. The maximum atomic E-state index is 5.76. The second-order valence-electron chi connectivity index (χ2n) is 3.86. The minimum absolute atomic E-state index is 0.596. The zero-order valence-electron chi connectivity index (χ0n) is 9.60. The third-order valence-corrected chi connectivity index (χ3v) is 3.90. The molecule has 17 heavy (non-hydrogen) atoms. The average Bonchev–Trinajstić information content (AvgIpc) is 2.41. The molecule has 2 heteroatoms. The molecule has 2 rings (SSSR count). The monoisotopic (exact) mass is 262 g/mol. The molecule has 0 spiro atoms. The molecule has 2 aromatic rings. The number of aryl methyl sites for hydroxylation is 1. The van der Waals surface area contributed by atoms with E-state index < -0.39 is 0 Å². The van der Waals surface area contributed by atoms with E-state index >= 15 is 0 Å². The van der Waals surface area contributed by atoms with Crippen LogP contribution in [0.4, 0.5) is 0 Å². The highest BCUT2D eigenvalue weighted by atomic mass is 35.5. The van der Waals surface area contributed by atoms with Crippen LogP contribution < -0.4 is 0 Å². The van der Waals surface area contributed by atoms with Crippen LogP contribution in [0.1, 0.15) is 11.1 Å². The van der Waals surface area contributed by atoms with E-state index in [1.54, 1.807) is 0 Å². The SMILES string of the molecule is ClCc1ccc(CCSc2ccccc2)cc1. The predicted octanol–water partition coefficient (Wildman–Crippen LogP) is 4.76. The van der Waals surface area contributed by atoms with E-state index in [0.717, 1.165) is 12.2 Å². The smallest absolute Gasteiger partial charge is 0.0474 e. The van der Waals surface area contributed by atoms with Gasteiger partial charge in [0.15, 0.2) is 0 Å². The molecule has 0 bridgehead atoms. The lowest BCUT2D eigenvalue weighted by Gasteiger charge is -2.03. The van der Waals surface area contributed by atoms with Crippen LogP contribution in [0.2, 0.25) is 0 Å². The van der Waals surface area contributed by atoms with Gasteiger partial charge in [0.05, 0.1) is 0 Å². The lowest BCUT2D eigenvalue weighted by Crippen LogP contribution is -1.89. The molecule has 0 aliphatic carbocycles. The predicted molar refractivity (Wildman–Crippen MR) is 76.9 cm³/mol. The first kappa shape index (κ1) is 12.5. The number of rotatable bonds is 5. The van der Waals surface area contributed by atoms with Crippen molar-refractivity contribution in [1.82, 2.24) is 0 Å². The van der Waals surface area contributed by atoms with Crippen molar-refractivity contribution in [3.8, 4) is 0 Å². The summed E-state index contributed by atoms with van der Waals surface area (Å²) in [6, 6.07) is 19.1. The fourth-order valence-electron chi connectivity index (χ4n) is 1.60. The summed E-state index contributed by atoms with van der Waals surface area (Å²) in [5.41, 5.74) is 2.56. The second-order valence-corrected chi connectivity index (χ2v) is 5.30. The maximum Gasteiger partial charge on any atom is 0.0474 e. The highest BCUT2D eigenvalue weighted by molar-refractivity contribution is 7.99. The summed E-state index contributed by atoms with van der Waals surface area (Å²) >= 11 is 7.66. The Hall–Kier alpha value is -0.920. The van der Waals surface area contributed by atoms with Crippen LogP contribution in [0, 0.1) is 0 Å². The molecule has 0 aliphatic heterocycles. The highest BCUT2D eigenvalue weighted by Gasteiger charge is 1.96. The van der Waals surface area contributed by atoms with Gasteiger partial charge < -0.3 is 0 Å². The fourth-order valence-corrected chi connectivity index (χ4v) is 2.70.